The van der Waals surface area contributed by atoms with Crippen molar-refractivity contribution in [1.29, 1.82) is 0 Å². The van der Waals surface area contributed by atoms with Gasteiger partial charge in [0.2, 0.25) is 15.8 Å². The van der Waals surface area contributed by atoms with Gasteiger partial charge >= 0.3 is 0 Å². The maximum absolute atomic E-state index is 12.2. The SMILES string of the molecule is CC1Cc2cc(-c3nc(-c4cnc(NCC(F)F)cn4)no3)ccc2N1S(C)(=O)=O. The first kappa shape index (κ1) is 20.1. The molecule has 3 aromatic rings. The van der Waals surface area contributed by atoms with Crippen LogP contribution in [-0.4, -0.2) is 53.8 Å². The van der Waals surface area contributed by atoms with Gasteiger partial charge in [-0.1, -0.05) is 5.16 Å². The largest absolute Gasteiger partial charge is 0.363 e. The van der Waals surface area contributed by atoms with Crippen LogP contribution in [0.5, 0.6) is 0 Å². The van der Waals surface area contributed by atoms with Gasteiger partial charge in [-0.3, -0.25) is 4.31 Å². The molecule has 4 rings (SSSR count). The van der Waals surface area contributed by atoms with Crippen LogP contribution in [0.15, 0.2) is 35.1 Å². The number of hydrogen-bond acceptors (Lipinski definition) is 8. The zero-order valence-electron chi connectivity index (χ0n) is 16.1. The lowest BCUT2D eigenvalue weighted by molar-refractivity contribution is 0.163. The molecule has 1 unspecified atom stereocenters. The number of nitrogens with zero attached hydrogens (tertiary/aromatic N) is 5. The molecular weight excluding hydrogens is 418 g/mol. The van der Waals surface area contributed by atoms with Crippen LogP contribution >= 0.6 is 0 Å². The van der Waals surface area contributed by atoms with Crippen molar-refractivity contribution in [2.75, 3.05) is 22.4 Å². The number of aromatic nitrogens is 4. The Kier molecular flexibility index (Phi) is 5.10. The highest BCUT2D eigenvalue weighted by atomic mass is 32.2. The molecule has 158 valence electrons. The molecular formula is C18H18F2N6O3S. The summed E-state index contributed by atoms with van der Waals surface area (Å²) >= 11 is 0. The first-order valence-corrected chi connectivity index (χ1v) is 10.9. The summed E-state index contributed by atoms with van der Waals surface area (Å²) in [4.78, 5) is 12.4. The van der Waals surface area contributed by atoms with E-state index < -0.39 is 23.0 Å². The summed E-state index contributed by atoms with van der Waals surface area (Å²) in [6.45, 7) is 1.33. The zero-order chi connectivity index (χ0) is 21.5. The number of nitrogens with one attached hydrogen (secondary N) is 1. The van der Waals surface area contributed by atoms with Gasteiger partial charge in [-0.25, -0.2) is 27.2 Å². The molecule has 0 spiro atoms. The number of sulfonamides is 1. The quantitative estimate of drug-likeness (QED) is 0.627. The van der Waals surface area contributed by atoms with Crippen LogP contribution in [0.1, 0.15) is 12.5 Å². The molecule has 30 heavy (non-hydrogen) atoms. The summed E-state index contributed by atoms with van der Waals surface area (Å²) in [6.07, 6.45) is 1.94. The van der Waals surface area contributed by atoms with E-state index in [1.165, 1.54) is 23.0 Å². The Morgan fingerprint density at radius 3 is 2.77 bits per heavy atom. The Morgan fingerprint density at radius 1 is 1.30 bits per heavy atom. The second-order valence-electron chi connectivity index (χ2n) is 6.94. The third-order valence-corrected chi connectivity index (χ3v) is 5.85. The van der Waals surface area contributed by atoms with Crippen LogP contribution in [0.4, 0.5) is 20.3 Å². The van der Waals surface area contributed by atoms with Crippen LogP contribution in [0, 0.1) is 0 Å². The molecule has 0 bridgehead atoms. The van der Waals surface area contributed by atoms with Gasteiger partial charge in [-0.15, -0.1) is 0 Å². The molecule has 12 heteroatoms. The highest BCUT2D eigenvalue weighted by molar-refractivity contribution is 7.92. The predicted molar refractivity (Wildman–Crippen MR) is 106 cm³/mol. The molecule has 3 heterocycles. The molecule has 1 atom stereocenters. The molecule has 1 N–H and O–H groups in total. The lowest BCUT2D eigenvalue weighted by Gasteiger charge is -2.21. The van der Waals surface area contributed by atoms with E-state index in [-0.39, 0.29) is 23.6 Å². The minimum Gasteiger partial charge on any atom is -0.363 e. The lowest BCUT2D eigenvalue weighted by Crippen LogP contribution is -2.34. The highest BCUT2D eigenvalue weighted by Crippen LogP contribution is 2.36. The van der Waals surface area contributed by atoms with E-state index in [1.807, 2.05) is 13.0 Å². The molecule has 9 nitrogen and oxygen atoms in total. The molecule has 1 aliphatic heterocycles. The number of hydrogen-bond donors (Lipinski definition) is 1. The third kappa shape index (κ3) is 3.95. The predicted octanol–water partition coefficient (Wildman–Crippen LogP) is 2.58. The third-order valence-electron chi connectivity index (χ3n) is 4.58. The zero-order valence-corrected chi connectivity index (χ0v) is 16.9. The number of benzene rings is 1. The second kappa shape index (κ2) is 7.59. The number of alkyl halides is 2. The van der Waals surface area contributed by atoms with Crippen molar-refractivity contribution in [3.05, 3.63) is 36.2 Å². The van der Waals surface area contributed by atoms with Gasteiger partial charge in [-0.2, -0.15) is 4.98 Å². The normalized spacial score (nSPS) is 16.2. The van der Waals surface area contributed by atoms with Crippen molar-refractivity contribution in [2.24, 2.45) is 0 Å². The molecule has 0 amide bonds. The summed E-state index contributed by atoms with van der Waals surface area (Å²) in [6, 6.07) is 5.10. The molecule has 0 aliphatic carbocycles. The number of halogens is 2. The number of fused-ring (bicyclic) bond motifs is 1. The molecule has 2 aromatic heterocycles. The van der Waals surface area contributed by atoms with E-state index in [0.717, 1.165) is 5.56 Å². The Labute approximate surface area is 171 Å². The summed E-state index contributed by atoms with van der Waals surface area (Å²) in [5.41, 5.74) is 2.49. The molecule has 0 radical (unpaired) electrons. The van der Waals surface area contributed by atoms with Crippen molar-refractivity contribution in [3.63, 3.8) is 0 Å². The first-order chi connectivity index (χ1) is 14.2. The van der Waals surface area contributed by atoms with Gasteiger partial charge in [-0.05, 0) is 37.1 Å². The standard InChI is InChI=1S/C18H18F2N6O3S/c1-10-5-12-6-11(3-4-14(12)26(10)30(2,27)28)18-24-17(25-29-18)13-7-22-16(9-21-13)23-8-15(19)20/h3-4,6-7,9-10,15H,5,8H2,1-2H3,(H,22,23). The smallest absolute Gasteiger partial charge is 0.258 e. The summed E-state index contributed by atoms with van der Waals surface area (Å²) in [5, 5.41) is 6.35. The maximum Gasteiger partial charge on any atom is 0.258 e. The van der Waals surface area contributed by atoms with Crippen molar-refractivity contribution >= 4 is 21.5 Å². The summed E-state index contributed by atoms with van der Waals surface area (Å²) < 4.78 is 55.3. The highest BCUT2D eigenvalue weighted by Gasteiger charge is 2.32. The minimum absolute atomic E-state index is 0.170. The summed E-state index contributed by atoms with van der Waals surface area (Å²) in [5.74, 6) is 0.662. The lowest BCUT2D eigenvalue weighted by atomic mass is 10.1. The molecule has 0 saturated carbocycles. The second-order valence-corrected chi connectivity index (χ2v) is 8.80. The van der Waals surface area contributed by atoms with E-state index in [4.69, 9.17) is 4.52 Å². The monoisotopic (exact) mass is 436 g/mol. The van der Waals surface area contributed by atoms with Crippen molar-refractivity contribution in [3.8, 4) is 23.0 Å². The van der Waals surface area contributed by atoms with Crippen LogP contribution in [0.2, 0.25) is 0 Å². The van der Waals surface area contributed by atoms with Crippen LogP contribution in [0.25, 0.3) is 23.0 Å². The summed E-state index contributed by atoms with van der Waals surface area (Å²) in [7, 11) is -3.37. The fourth-order valence-electron chi connectivity index (χ4n) is 3.40. The van der Waals surface area contributed by atoms with E-state index in [0.29, 0.717) is 23.4 Å². The topological polar surface area (TPSA) is 114 Å². The van der Waals surface area contributed by atoms with Crippen LogP contribution in [-0.2, 0) is 16.4 Å². The average molecular weight is 436 g/mol. The Morgan fingerprint density at radius 2 is 2.10 bits per heavy atom. The fraction of sp³-hybridized carbons (Fsp3) is 0.333. The van der Waals surface area contributed by atoms with E-state index in [9.17, 15) is 17.2 Å². The minimum atomic E-state index is -3.37. The molecule has 0 fully saturated rings. The van der Waals surface area contributed by atoms with Gasteiger partial charge in [0, 0.05) is 11.6 Å². The van der Waals surface area contributed by atoms with Crippen LogP contribution < -0.4 is 9.62 Å². The fourth-order valence-corrected chi connectivity index (χ4v) is 4.67. The van der Waals surface area contributed by atoms with Gasteiger partial charge < -0.3 is 9.84 Å². The Balaban J connectivity index is 1.56. The number of rotatable bonds is 6. The molecule has 1 aliphatic rings. The molecule has 1 aromatic carbocycles. The van der Waals surface area contributed by atoms with Crippen molar-refractivity contribution in [2.45, 2.75) is 25.8 Å². The van der Waals surface area contributed by atoms with Crippen LogP contribution in [0.3, 0.4) is 0 Å². The van der Waals surface area contributed by atoms with E-state index >= 15 is 0 Å². The van der Waals surface area contributed by atoms with Crippen molar-refractivity contribution < 1.29 is 21.7 Å². The first-order valence-electron chi connectivity index (χ1n) is 9.03. The average Bonchev–Trinajstić information content (AvgIpc) is 3.29. The maximum atomic E-state index is 12.2. The van der Waals surface area contributed by atoms with E-state index in [2.05, 4.69) is 25.4 Å². The Hall–Kier alpha value is -3.15. The number of anilines is 2. The van der Waals surface area contributed by atoms with Crippen molar-refractivity contribution in [1.82, 2.24) is 20.1 Å². The van der Waals surface area contributed by atoms with Gasteiger partial charge in [0.1, 0.15) is 11.5 Å². The van der Waals surface area contributed by atoms with Gasteiger partial charge in [0.15, 0.2) is 0 Å². The van der Waals surface area contributed by atoms with Gasteiger partial charge in [0.25, 0.3) is 12.3 Å². The van der Waals surface area contributed by atoms with Gasteiger partial charge in [0.05, 0.1) is 30.9 Å². The van der Waals surface area contributed by atoms with E-state index in [1.54, 1.807) is 12.1 Å². The Bertz CT molecular complexity index is 1170. The molecule has 0 saturated heterocycles.